The number of rotatable bonds is 6. The molecule has 0 aliphatic carbocycles. The van der Waals surface area contributed by atoms with E-state index < -0.39 is 0 Å². The van der Waals surface area contributed by atoms with Gasteiger partial charge >= 0.3 is 0 Å². The van der Waals surface area contributed by atoms with Crippen LogP contribution in [0.1, 0.15) is 24.1 Å². The van der Waals surface area contributed by atoms with Gasteiger partial charge in [-0.15, -0.1) is 22.0 Å². The number of nitrogens with zero attached hydrogens (tertiary/aromatic N) is 2. The first kappa shape index (κ1) is 14.1. The lowest BCUT2D eigenvalue weighted by atomic mass is 10.3. The van der Waals surface area contributed by atoms with Crippen molar-refractivity contribution in [2.45, 2.75) is 31.3 Å². The van der Waals surface area contributed by atoms with E-state index in [-0.39, 0.29) is 11.2 Å². The van der Waals surface area contributed by atoms with Gasteiger partial charge in [-0.3, -0.25) is 10.1 Å². The average molecular weight is 297 g/mol. The highest BCUT2D eigenvalue weighted by Crippen LogP contribution is 2.23. The van der Waals surface area contributed by atoms with E-state index >= 15 is 0 Å². The number of carbonyl (C=O) groups excluding carboxylic acids is 1. The molecule has 0 bridgehead atoms. The van der Waals surface area contributed by atoms with Crippen molar-refractivity contribution in [3.63, 3.8) is 0 Å². The monoisotopic (exact) mass is 297 g/mol. The summed E-state index contributed by atoms with van der Waals surface area (Å²) in [6.07, 6.45) is 2.40. The highest BCUT2D eigenvalue weighted by Gasteiger charge is 2.18. The number of hydrogen-bond acceptors (Lipinski definition) is 6. The molecule has 0 aliphatic heterocycles. The second-order valence-corrected chi connectivity index (χ2v) is 6.28. The fourth-order valence-corrected chi connectivity index (χ4v) is 3.06. The standard InChI is InChI=1S/C12H15N3O2S2/c1-3-10(18-7-9-5-4-6-17-9)11(16)13-12-15-14-8(2)19-12/h4-6,10H,3,7H2,1-2H3,(H,13,15,16). The Labute approximate surface area is 119 Å². The molecule has 2 aromatic rings. The Morgan fingerprint density at radius 2 is 2.42 bits per heavy atom. The Balaban J connectivity index is 1.87. The fourth-order valence-electron chi connectivity index (χ4n) is 1.49. The SMILES string of the molecule is CCC(SCc1ccco1)C(=O)Nc1nnc(C)s1. The van der Waals surface area contributed by atoms with Crippen LogP contribution in [0.2, 0.25) is 0 Å². The summed E-state index contributed by atoms with van der Waals surface area (Å²) in [6.45, 7) is 3.85. The zero-order valence-corrected chi connectivity index (χ0v) is 12.4. The Morgan fingerprint density at radius 3 is 3.00 bits per heavy atom. The van der Waals surface area contributed by atoms with E-state index in [1.807, 2.05) is 26.0 Å². The first-order valence-corrected chi connectivity index (χ1v) is 7.80. The maximum Gasteiger partial charge on any atom is 0.239 e. The van der Waals surface area contributed by atoms with Crippen molar-refractivity contribution >= 4 is 34.1 Å². The summed E-state index contributed by atoms with van der Waals surface area (Å²) in [5, 5.41) is 11.8. The molecule has 1 unspecified atom stereocenters. The second kappa shape index (κ2) is 6.72. The van der Waals surface area contributed by atoms with Crippen molar-refractivity contribution in [2.75, 3.05) is 5.32 Å². The maximum absolute atomic E-state index is 12.1. The molecule has 0 aromatic carbocycles. The fraction of sp³-hybridized carbons (Fsp3) is 0.417. The van der Waals surface area contributed by atoms with Crippen LogP contribution in [0.15, 0.2) is 22.8 Å². The van der Waals surface area contributed by atoms with Gasteiger partial charge in [0.15, 0.2) is 0 Å². The summed E-state index contributed by atoms with van der Waals surface area (Å²) in [4.78, 5) is 12.1. The molecule has 1 N–H and O–H groups in total. The molecule has 0 saturated carbocycles. The van der Waals surface area contributed by atoms with Crippen LogP contribution in [-0.4, -0.2) is 21.4 Å². The van der Waals surface area contributed by atoms with E-state index in [9.17, 15) is 4.79 Å². The Hall–Kier alpha value is -1.34. The summed E-state index contributed by atoms with van der Waals surface area (Å²) in [5.41, 5.74) is 0. The normalized spacial score (nSPS) is 12.3. The number of carbonyl (C=O) groups is 1. The number of anilines is 1. The van der Waals surface area contributed by atoms with Crippen LogP contribution >= 0.6 is 23.1 Å². The molecule has 5 nitrogen and oxygen atoms in total. The molecule has 0 fully saturated rings. The highest BCUT2D eigenvalue weighted by molar-refractivity contribution is 7.99. The van der Waals surface area contributed by atoms with E-state index in [0.29, 0.717) is 10.9 Å². The van der Waals surface area contributed by atoms with E-state index in [0.717, 1.165) is 17.2 Å². The van der Waals surface area contributed by atoms with Crippen LogP contribution in [0.3, 0.4) is 0 Å². The molecule has 1 amide bonds. The molecule has 2 aromatic heterocycles. The molecule has 0 spiro atoms. The molecule has 102 valence electrons. The van der Waals surface area contributed by atoms with Crippen LogP contribution in [0.25, 0.3) is 0 Å². The summed E-state index contributed by atoms with van der Waals surface area (Å²) in [5.74, 6) is 1.53. The number of hydrogen-bond donors (Lipinski definition) is 1. The summed E-state index contributed by atoms with van der Waals surface area (Å²) in [7, 11) is 0. The number of furan rings is 1. The molecule has 0 radical (unpaired) electrons. The minimum atomic E-state index is -0.116. The van der Waals surface area contributed by atoms with Gasteiger partial charge < -0.3 is 4.42 Å². The Morgan fingerprint density at radius 1 is 1.58 bits per heavy atom. The number of aryl methyl sites for hydroxylation is 1. The van der Waals surface area contributed by atoms with Crippen LogP contribution in [0.4, 0.5) is 5.13 Å². The minimum absolute atomic E-state index is 0.0322. The van der Waals surface area contributed by atoms with Gasteiger partial charge in [0.25, 0.3) is 0 Å². The lowest BCUT2D eigenvalue weighted by molar-refractivity contribution is -0.115. The summed E-state index contributed by atoms with van der Waals surface area (Å²) >= 11 is 2.94. The molecule has 0 saturated heterocycles. The quantitative estimate of drug-likeness (QED) is 0.887. The van der Waals surface area contributed by atoms with E-state index in [1.165, 1.54) is 11.3 Å². The predicted molar refractivity (Wildman–Crippen MR) is 77.4 cm³/mol. The summed E-state index contributed by atoms with van der Waals surface area (Å²) < 4.78 is 5.26. The second-order valence-electron chi connectivity index (χ2n) is 3.90. The predicted octanol–water partition coefficient (Wildman–Crippen LogP) is 3.09. The van der Waals surface area contributed by atoms with Crippen LogP contribution < -0.4 is 5.32 Å². The summed E-state index contributed by atoms with van der Waals surface area (Å²) in [6, 6.07) is 3.76. The lowest BCUT2D eigenvalue weighted by Gasteiger charge is -2.12. The molecular weight excluding hydrogens is 282 g/mol. The zero-order chi connectivity index (χ0) is 13.7. The van der Waals surface area contributed by atoms with Gasteiger partial charge in [0.05, 0.1) is 17.3 Å². The Bertz CT molecular complexity index is 525. The molecular formula is C12H15N3O2S2. The van der Waals surface area contributed by atoms with Gasteiger partial charge in [0, 0.05) is 0 Å². The van der Waals surface area contributed by atoms with E-state index in [2.05, 4.69) is 15.5 Å². The molecule has 2 heterocycles. The van der Waals surface area contributed by atoms with Gasteiger partial charge in [-0.2, -0.15) is 0 Å². The van der Waals surface area contributed by atoms with Gasteiger partial charge in [0.2, 0.25) is 11.0 Å². The third-order valence-corrected chi connectivity index (χ3v) is 4.58. The van der Waals surface area contributed by atoms with Crippen molar-refractivity contribution in [3.8, 4) is 0 Å². The van der Waals surface area contributed by atoms with Gasteiger partial charge in [-0.05, 0) is 25.5 Å². The van der Waals surface area contributed by atoms with E-state index in [4.69, 9.17) is 4.42 Å². The third-order valence-electron chi connectivity index (χ3n) is 2.43. The van der Waals surface area contributed by atoms with Gasteiger partial charge in [0.1, 0.15) is 10.8 Å². The minimum Gasteiger partial charge on any atom is -0.468 e. The first-order chi connectivity index (χ1) is 9.19. The molecule has 2 rings (SSSR count). The largest absolute Gasteiger partial charge is 0.468 e. The number of thioether (sulfide) groups is 1. The van der Waals surface area contributed by atoms with Crippen molar-refractivity contribution in [3.05, 3.63) is 29.2 Å². The number of amides is 1. The molecule has 1 atom stereocenters. The van der Waals surface area contributed by atoms with Crippen molar-refractivity contribution in [2.24, 2.45) is 0 Å². The highest BCUT2D eigenvalue weighted by atomic mass is 32.2. The third kappa shape index (κ3) is 4.07. The average Bonchev–Trinajstić information content (AvgIpc) is 3.02. The Kier molecular flexibility index (Phi) is 4.98. The molecule has 0 aliphatic rings. The lowest BCUT2D eigenvalue weighted by Crippen LogP contribution is -2.24. The van der Waals surface area contributed by atoms with Gasteiger partial charge in [-0.1, -0.05) is 18.3 Å². The maximum atomic E-state index is 12.1. The van der Waals surface area contributed by atoms with Gasteiger partial charge in [-0.25, -0.2) is 0 Å². The molecule has 19 heavy (non-hydrogen) atoms. The van der Waals surface area contributed by atoms with E-state index in [1.54, 1.807) is 18.0 Å². The zero-order valence-electron chi connectivity index (χ0n) is 10.8. The van der Waals surface area contributed by atoms with Crippen LogP contribution in [0.5, 0.6) is 0 Å². The topological polar surface area (TPSA) is 68.0 Å². The number of aromatic nitrogens is 2. The van der Waals surface area contributed by atoms with Crippen LogP contribution in [0, 0.1) is 6.92 Å². The number of nitrogens with one attached hydrogen (secondary N) is 1. The van der Waals surface area contributed by atoms with Crippen molar-refractivity contribution in [1.29, 1.82) is 0 Å². The van der Waals surface area contributed by atoms with Crippen molar-refractivity contribution in [1.82, 2.24) is 10.2 Å². The van der Waals surface area contributed by atoms with Crippen molar-refractivity contribution < 1.29 is 9.21 Å². The molecule has 7 heteroatoms. The first-order valence-electron chi connectivity index (χ1n) is 5.94. The smallest absolute Gasteiger partial charge is 0.239 e. The van der Waals surface area contributed by atoms with Crippen LogP contribution in [-0.2, 0) is 10.5 Å².